The zero-order valence-corrected chi connectivity index (χ0v) is 12.1. The summed E-state index contributed by atoms with van der Waals surface area (Å²) in [5.41, 5.74) is 1.35. The average molecular weight is 265 g/mol. The molecule has 1 aromatic carbocycles. The summed E-state index contributed by atoms with van der Waals surface area (Å²) in [6, 6.07) is 9.45. The van der Waals surface area contributed by atoms with Crippen LogP contribution in [0.25, 0.3) is 0 Å². The topological polar surface area (TPSA) is 21.3 Å². The van der Waals surface area contributed by atoms with Crippen molar-refractivity contribution in [3.63, 3.8) is 0 Å². The van der Waals surface area contributed by atoms with Crippen LogP contribution in [0.2, 0.25) is 0 Å². The minimum atomic E-state index is 0.540. The highest BCUT2D eigenvalue weighted by molar-refractivity contribution is 8.00. The first kappa shape index (κ1) is 13.9. The van der Waals surface area contributed by atoms with Gasteiger partial charge in [-0.3, -0.25) is 0 Å². The van der Waals surface area contributed by atoms with E-state index in [2.05, 4.69) is 43.4 Å². The second-order valence-electron chi connectivity index (χ2n) is 5.14. The number of benzene rings is 1. The van der Waals surface area contributed by atoms with E-state index in [1.165, 1.54) is 23.3 Å². The molecule has 1 fully saturated rings. The number of rotatable bonds is 5. The molecule has 18 heavy (non-hydrogen) atoms. The molecule has 1 aromatic rings. The van der Waals surface area contributed by atoms with Crippen LogP contribution in [0.1, 0.15) is 32.3 Å². The first-order chi connectivity index (χ1) is 8.74. The van der Waals surface area contributed by atoms with E-state index in [4.69, 9.17) is 4.74 Å². The van der Waals surface area contributed by atoms with Crippen LogP contribution in [-0.4, -0.2) is 24.5 Å². The Morgan fingerprint density at radius 3 is 2.72 bits per heavy atom. The van der Waals surface area contributed by atoms with Gasteiger partial charge in [0.25, 0.3) is 0 Å². The van der Waals surface area contributed by atoms with Crippen LogP contribution in [0.5, 0.6) is 0 Å². The number of thioether (sulfide) groups is 1. The van der Waals surface area contributed by atoms with E-state index in [1.54, 1.807) is 0 Å². The van der Waals surface area contributed by atoms with E-state index in [0.29, 0.717) is 11.3 Å². The lowest BCUT2D eigenvalue weighted by atomic mass is 10.2. The van der Waals surface area contributed by atoms with E-state index in [0.717, 1.165) is 19.8 Å². The van der Waals surface area contributed by atoms with Crippen LogP contribution in [-0.2, 0) is 11.3 Å². The van der Waals surface area contributed by atoms with Gasteiger partial charge in [-0.15, -0.1) is 11.8 Å². The molecule has 2 rings (SSSR count). The highest BCUT2D eigenvalue weighted by Gasteiger charge is 2.14. The normalized spacial score (nSPS) is 20.3. The van der Waals surface area contributed by atoms with E-state index < -0.39 is 0 Å². The third kappa shape index (κ3) is 4.63. The molecule has 1 aliphatic rings. The second-order valence-corrected chi connectivity index (χ2v) is 6.51. The summed E-state index contributed by atoms with van der Waals surface area (Å²) < 4.78 is 5.51. The summed E-state index contributed by atoms with van der Waals surface area (Å²) in [6.07, 6.45) is 2.48. The van der Waals surface area contributed by atoms with E-state index >= 15 is 0 Å². The van der Waals surface area contributed by atoms with Crippen molar-refractivity contribution < 1.29 is 4.74 Å². The van der Waals surface area contributed by atoms with Crippen LogP contribution in [0, 0.1) is 0 Å². The fraction of sp³-hybridized carbons (Fsp3) is 0.600. The van der Waals surface area contributed by atoms with Gasteiger partial charge >= 0.3 is 0 Å². The predicted molar refractivity (Wildman–Crippen MR) is 78.1 cm³/mol. The maximum absolute atomic E-state index is 5.51. The maximum Gasteiger partial charge on any atom is 0.0588 e. The molecule has 0 aromatic heterocycles. The summed E-state index contributed by atoms with van der Waals surface area (Å²) in [4.78, 5) is 1.36. The average Bonchev–Trinajstić information content (AvgIpc) is 2.39. The Hall–Kier alpha value is -0.510. The highest BCUT2D eigenvalue weighted by atomic mass is 32.2. The molecule has 0 radical (unpaired) electrons. The number of hydrogen-bond donors (Lipinski definition) is 1. The van der Waals surface area contributed by atoms with Crippen LogP contribution >= 0.6 is 11.8 Å². The van der Waals surface area contributed by atoms with E-state index in [-0.39, 0.29) is 0 Å². The largest absolute Gasteiger partial charge is 0.380 e. The fourth-order valence-electron chi connectivity index (χ4n) is 2.00. The summed E-state index contributed by atoms with van der Waals surface area (Å²) >= 11 is 1.95. The Morgan fingerprint density at radius 1 is 1.33 bits per heavy atom. The van der Waals surface area contributed by atoms with Crippen LogP contribution < -0.4 is 5.32 Å². The van der Waals surface area contributed by atoms with Crippen LogP contribution in [0.4, 0.5) is 0 Å². The zero-order chi connectivity index (χ0) is 12.8. The molecule has 1 heterocycles. The van der Waals surface area contributed by atoms with Crippen LogP contribution in [0.3, 0.4) is 0 Å². The monoisotopic (exact) mass is 265 g/mol. The zero-order valence-electron chi connectivity index (χ0n) is 11.3. The van der Waals surface area contributed by atoms with Crippen molar-refractivity contribution >= 4 is 11.8 Å². The van der Waals surface area contributed by atoms with Gasteiger partial charge in [-0.25, -0.2) is 0 Å². The van der Waals surface area contributed by atoms with Crippen molar-refractivity contribution in [3.8, 4) is 0 Å². The Labute approximate surface area is 114 Å². The minimum Gasteiger partial charge on any atom is -0.380 e. The van der Waals surface area contributed by atoms with Crippen molar-refractivity contribution in [3.05, 3.63) is 29.8 Å². The maximum atomic E-state index is 5.51. The summed E-state index contributed by atoms with van der Waals surface area (Å²) in [6.45, 7) is 7.15. The molecular formula is C15H23NOS. The van der Waals surface area contributed by atoms with Gasteiger partial charge in [-0.05, 0) is 30.5 Å². The molecule has 0 aliphatic carbocycles. The van der Waals surface area contributed by atoms with Crippen LogP contribution in [0.15, 0.2) is 29.2 Å². The van der Waals surface area contributed by atoms with Gasteiger partial charge in [-0.2, -0.15) is 0 Å². The Kier molecular flexibility index (Phi) is 5.54. The first-order valence-corrected chi connectivity index (χ1v) is 7.69. The molecule has 0 spiro atoms. The SMILES string of the molecule is CC(C)NCc1ccc(SC2CCCOC2)cc1. The smallest absolute Gasteiger partial charge is 0.0588 e. The van der Waals surface area contributed by atoms with Gasteiger partial charge in [0, 0.05) is 29.3 Å². The fourth-order valence-corrected chi connectivity index (χ4v) is 3.13. The van der Waals surface area contributed by atoms with Crippen molar-refractivity contribution in [2.45, 2.75) is 49.4 Å². The molecule has 0 amide bonds. The summed E-state index contributed by atoms with van der Waals surface area (Å²) in [5.74, 6) is 0. The second kappa shape index (κ2) is 7.17. The quantitative estimate of drug-likeness (QED) is 0.881. The number of nitrogens with one attached hydrogen (secondary N) is 1. The molecule has 1 aliphatic heterocycles. The molecule has 1 N–H and O–H groups in total. The highest BCUT2D eigenvalue weighted by Crippen LogP contribution is 2.28. The molecule has 2 nitrogen and oxygen atoms in total. The van der Waals surface area contributed by atoms with Gasteiger partial charge in [0.2, 0.25) is 0 Å². The third-order valence-electron chi connectivity index (χ3n) is 3.06. The Morgan fingerprint density at radius 2 is 2.11 bits per heavy atom. The molecule has 0 saturated carbocycles. The lowest BCUT2D eigenvalue weighted by Gasteiger charge is -2.21. The minimum absolute atomic E-state index is 0.540. The predicted octanol–water partition coefficient (Wildman–Crippen LogP) is 3.46. The van der Waals surface area contributed by atoms with Crippen molar-refractivity contribution in [2.24, 2.45) is 0 Å². The molecule has 1 atom stereocenters. The lowest BCUT2D eigenvalue weighted by molar-refractivity contribution is 0.101. The molecule has 100 valence electrons. The van der Waals surface area contributed by atoms with Crippen molar-refractivity contribution in [1.29, 1.82) is 0 Å². The van der Waals surface area contributed by atoms with Gasteiger partial charge in [-0.1, -0.05) is 26.0 Å². The Balaban J connectivity index is 1.83. The molecule has 1 saturated heterocycles. The van der Waals surface area contributed by atoms with Gasteiger partial charge in [0.15, 0.2) is 0 Å². The van der Waals surface area contributed by atoms with Crippen molar-refractivity contribution in [1.82, 2.24) is 5.32 Å². The molecule has 1 unspecified atom stereocenters. The first-order valence-electron chi connectivity index (χ1n) is 6.81. The van der Waals surface area contributed by atoms with Crippen molar-refractivity contribution in [2.75, 3.05) is 13.2 Å². The van der Waals surface area contributed by atoms with E-state index in [1.807, 2.05) is 11.8 Å². The third-order valence-corrected chi connectivity index (χ3v) is 4.31. The summed E-state index contributed by atoms with van der Waals surface area (Å²) in [5, 5.41) is 4.07. The van der Waals surface area contributed by atoms with Gasteiger partial charge in [0.05, 0.1) is 6.61 Å². The molecular weight excluding hydrogens is 242 g/mol. The lowest BCUT2D eigenvalue weighted by Crippen LogP contribution is -2.21. The molecule has 0 bridgehead atoms. The van der Waals surface area contributed by atoms with Gasteiger partial charge in [0.1, 0.15) is 0 Å². The van der Waals surface area contributed by atoms with E-state index in [9.17, 15) is 0 Å². The molecule has 3 heteroatoms. The Bertz CT molecular complexity index is 344. The number of ether oxygens (including phenoxy) is 1. The standard InChI is InChI=1S/C15H23NOS/c1-12(2)16-10-13-5-7-14(8-6-13)18-15-4-3-9-17-11-15/h5-8,12,15-16H,3-4,9-11H2,1-2H3. The van der Waals surface area contributed by atoms with Gasteiger partial charge < -0.3 is 10.1 Å². The summed E-state index contributed by atoms with van der Waals surface area (Å²) in [7, 11) is 0. The number of hydrogen-bond acceptors (Lipinski definition) is 3.